The fourth-order valence-electron chi connectivity index (χ4n) is 5.05. The zero-order valence-corrected chi connectivity index (χ0v) is 15.9. The minimum absolute atomic E-state index is 0.0777. The van der Waals surface area contributed by atoms with E-state index in [0.717, 1.165) is 49.7 Å². The first kappa shape index (κ1) is 17.2. The third-order valence-electron chi connectivity index (χ3n) is 6.32. The normalized spacial score (nSPS) is 18.7. The lowest BCUT2D eigenvalue weighted by Gasteiger charge is -2.30. The minimum Gasteiger partial charge on any atom is -0.464 e. The Morgan fingerprint density at radius 1 is 1.04 bits per heavy atom. The highest BCUT2D eigenvalue weighted by atomic mass is 16.5. The van der Waals surface area contributed by atoms with E-state index < -0.39 is 5.97 Å². The van der Waals surface area contributed by atoms with Gasteiger partial charge in [0.15, 0.2) is 0 Å². The van der Waals surface area contributed by atoms with E-state index in [1.807, 2.05) is 28.8 Å². The molecule has 0 bridgehead atoms. The molecule has 2 aromatic rings. The quantitative estimate of drug-likeness (QED) is 0.593. The number of benzene rings is 1. The van der Waals surface area contributed by atoms with Crippen LogP contribution < -0.4 is 0 Å². The lowest BCUT2D eigenvalue weighted by atomic mass is 9.94. The summed E-state index contributed by atoms with van der Waals surface area (Å²) in [4.78, 5) is 40.9. The van der Waals surface area contributed by atoms with E-state index in [9.17, 15) is 14.4 Å². The highest BCUT2D eigenvalue weighted by Gasteiger charge is 2.48. The zero-order valence-electron chi connectivity index (χ0n) is 15.9. The number of hydrogen-bond donors (Lipinski definition) is 0. The first-order valence-corrected chi connectivity index (χ1v) is 9.94. The van der Waals surface area contributed by atoms with Gasteiger partial charge in [-0.15, -0.1) is 0 Å². The largest absolute Gasteiger partial charge is 0.464 e. The summed E-state index contributed by atoms with van der Waals surface area (Å²) in [5.41, 5.74) is 3.57. The number of carbonyl (C=O) groups is 3. The van der Waals surface area contributed by atoms with Crippen LogP contribution in [0.15, 0.2) is 24.3 Å². The summed E-state index contributed by atoms with van der Waals surface area (Å²) >= 11 is 0. The molecule has 0 atom stereocenters. The summed E-state index contributed by atoms with van der Waals surface area (Å²) in [6, 6.07) is 7.82. The van der Waals surface area contributed by atoms with E-state index in [2.05, 4.69) is 0 Å². The molecule has 0 unspecified atom stereocenters. The molecule has 1 aliphatic carbocycles. The molecule has 0 spiro atoms. The summed E-state index contributed by atoms with van der Waals surface area (Å²) in [5, 5.41) is 0. The van der Waals surface area contributed by atoms with Crippen molar-refractivity contribution in [3.63, 3.8) is 0 Å². The molecule has 1 fully saturated rings. The molecule has 144 valence electrons. The van der Waals surface area contributed by atoms with E-state index in [1.165, 1.54) is 12.0 Å². The van der Waals surface area contributed by atoms with Crippen LogP contribution in [0.5, 0.6) is 0 Å². The van der Waals surface area contributed by atoms with E-state index >= 15 is 0 Å². The number of esters is 1. The molecule has 3 heterocycles. The maximum Gasteiger partial charge on any atom is 0.355 e. The number of aryl methyl sites for hydroxylation is 1. The Balaban J connectivity index is 1.73. The third-order valence-corrected chi connectivity index (χ3v) is 6.32. The molecule has 1 aromatic heterocycles. The maximum absolute atomic E-state index is 13.5. The van der Waals surface area contributed by atoms with Gasteiger partial charge in [-0.1, -0.05) is 43.5 Å². The predicted molar refractivity (Wildman–Crippen MR) is 102 cm³/mol. The molecule has 3 aliphatic rings. The third kappa shape index (κ3) is 2.23. The van der Waals surface area contributed by atoms with Crippen LogP contribution >= 0.6 is 0 Å². The Kier molecular flexibility index (Phi) is 3.89. The van der Waals surface area contributed by atoms with Gasteiger partial charge in [0, 0.05) is 18.2 Å². The second kappa shape index (κ2) is 6.33. The Morgan fingerprint density at radius 2 is 1.75 bits per heavy atom. The Labute approximate surface area is 163 Å². The summed E-state index contributed by atoms with van der Waals surface area (Å²) in [6.07, 6.45) is 5.59. The van der Waals surface area contributed by atoms with Gasteiger partial charge >= 0.3 is 5.97 Å². The molecule has 0 N–H and O–H groups in total. The van der Waals surface area contributed by atoms with Gasteiger partial charge in [-0.25, -0.2) is 4.79 Å². The first-order valence-electron chi connectivity index (χ1n) is 9.94. The maximum atomic E-state index is 13.5. The van der Waals surface area contributed by atoms with Crippen LogP contribution in [0, 0.1) is 0 Å². The van der Waals surface area contributed by atoms with Crippen LogP contribution in [0.3, 0.4) is 0 Å². The van der Waals surface area contributed by atoms with E-state index in [4.69, 9.17) is 4.74 Å². The monoisotopic (exact) mass is 378 g/mol. The van der Waals surface area contributed by atoms with Crippen LogP contribution in [0.25, 0.3) is 11.3 Å². The molecule has 5 rings (SSSR count). The molecule has 0 radical (unpaired) electrons. The van der Waals surface area contributed by atoms with Crippen molar-refractivity contribution in [3.05, 3.63) is 46.6 Å². The van der Waals surface area contributed by atoms with Gasteiger partial charge in [0.2, 0.25) is 0 Å². The molecular weight excluding hydrogens is 356 g/mol. The first-order chi connectivity index (χ1) is 13.6. The highest BCUT2D eigenvalue weighted by molar-refractivity contribution is 6.27. The highest BCUT2D eigenvalue weighted by Crippen LogP contribution is 2.43. The van der Waals surface area contributed by atoms with Crippen molar-refractivity contribution >= 4 is 17.8 Å². The number of aromatic nitrogens is 1. The lowest BCUT2D eigenvalue weighted by Crippen LogP contribution is -2.41. The molecule has 2 aliphatic heterocycles. The number of ether oxygens (including phenoxy) is 1. The summed E-state index contributed by atoms with van der Waals surface area (Å²) < 4.78 is 6.81. The smallest absolute Gasteiger partial charge is 0.355 e. The van der Waals surface area contributed by atoms with E-state index in [0.29, 0.717) is 17.8 Å². The second-order valence-corrected chi connectivity index (χ2v) is 7.77. The molecule has 1 aromatic carbocycles. The van der Waals surface area contributed by atoms with Crippen molar-refractivity contribution in [1.29, 1.82) is 0 Å². The number of hydrogen-bond acceptors (Lipinski definition) is 4. The van der Waals surface area contributed by atoms with Crippen LogP contribution in [0.1, 0.15) is 68.9 Å². The number of fused-ring (bicyclic) bond motifs is 5. The van der Waals surface area contributed by atoms with Gasteiger partial charge < -0.3 is 9.30 Å². The molecule has 28 heavy (non-hydrogen) atoms. The average Bonchev–Trinajstić information content (AvgIpc) is 3.21. The van der Waals surface area contributed by atoms with Crippen LogP contribution in [-0.2, 0) is 17.7 Å². The van der Waals surface area contributed by atoms with Crippen molar-refractivity contribution in [2.75, 3.05) is 7.11 Å². The van der Waals surface area contributed by atoms with Crippen LogP contribution in [0.4, 0.5) is 0 Å². The van der Waals surface area contributed by atoms with Gasteiger partial charge in [-0.3, -0.25) is 14.5 Å². The SMILES string of the molecule is COC(=O)c1c2c(c3n1CCc1ccccc1-3)C(=O)N(C1CCCCC1)C2=O. The number of nitrogens with zero attached hydrogens (tertiary/aromatic N) is 2. The summed E-state index contributed by atoms with van der Waals surface area (Å²) in [7, 11) is 1.31. The summed E-state index contributed by atoms with van der Waals surface area (Å²) in [6.45, 7) is 0.549. The van der Waals surface area contributed by atoms with Gasteiger partial charge in [0.05, 0.1) is 23.9 Å². The molecule has 2 amide bonds. The topological polar surface area (TPSA) is 68.6 Å². The fourth-order valence-corrected chi connectivity index (χ4v) is 5.05. The van der Waals surface area contributed by atoms with Crippen molar-refractivity contribution in [2.45, 2.75) is 51.1 Å². The molecule has 6 nitrogen and oxygen atoms in total. The zero-order chi connectivity index (χ0) is 19.4. The number of carbonyl (C=O) groups excluding carboxylic acids is 3. The standard InChI is InChI=1S/C22H22N2O4/c1-28-22(27)19-17-16(18-15-10-6-5-7-13(15)11-12-23(18)19)20(25)24(21(17)26)14-8-3-2-4-9-14/h5-7,10,14H,2-4,8-9,11-12H2,1H3. The average molecular weight is 378 g/mol. The van der Waals surface area contributed by atoms with Gasteiger partial charge in [-0.05, 0) is 24.8 Å². The Hall–Kier alpha value is -2.89. The molecular formula is C22H22N2O4. The minimum atomic E-state index is -0.562. The molecule has 1 saturated carbocycles. The van der Waals surface area contributed by atoms with Crippen molar-refractivity contribution in [3.8, 4) is 11.3 Å². The van der Waals surface area contributed by atoms with Crippen molar-refractivity contribution < 1.29 is 19.1 Å². The van der Waals surface area contributed by atoms with Crippen molar-refractivity contribution in [1.82, 2.24) is 9.47 Å². The van der Waals surface area contributed by atoms with Crippen LogP contribution in [0.2, 0.25) is 0 Å². The molecule has 6 heteroatoms. The van der Waals surface area contributed by atoms with Crippen molar-refractivity contribution in [2.24, 2.45) is 0 Å². The van der Waals surface area contributed by atoms with E-state index in [1.54, 1.807) is 0 Å². The molecule has 0 saturated heterocycles. The fraction of sp³-hybridized carbons (Fsp3) is 0.409. The van der Waals surface area contributed by atoms with Gasteiger partial charge in [-0.2, -0.15) is 0 Å². The number of amides is 2. The number of imide groups is 1. The Bertz CT molecular complexity index is 1010. The second-order valence-electron chi connectivity index (χ2n) is 7.77. The number of methoxy groups -OCH3 is 1. The van der Waals surface area contributed by atoms with Gasteiger partial charge in [0.1, 0.15) is 5.69 Å². The summed E-state index contributed by atoms with van der Waals surface area (Å²) in [5.74, 6) is -1.16. The number of rotatable bonds is 2. The van der Waals surface area contributed by atoms with Crippen LogP contribution in [-0.4, -0.2) is 40.4 Å². The Morgan fingerprint density at radius 3 is 2.50 bits per heavy atom. The van der Waals surface area contributed by atoms with Gasteiger partial charge in [0.25, 0.3) is 11.8 Å². The lowest BCUT2D eigenvalue weighted by molar-refractivity contribution is 0.0526. The predicted octanol–water partition coefficient (Wildman–Crippen LogP) is 3.43. The van der Waals surface area contributed by atoms with E-state index in [-0.39, 0.29) is 29.1 Å².